The number of hydrogen-bond acceptors (Lipinski definition) is 5. The van der Waals surface area contributed by atoms with Crippen LogP contribution in [0.15, 0.2) is 73.2 Å². The fourth-order valence-electron chi connectivity index (χ4n) is 5.95. The molecule has 2 aromatic carbocycles. The van der Waals surface area contributed by atoms with Crippen LogP contribution in [-0.4, -0.2) is 67.6 Å². The maximum atomic E-state index is 15.2. The molecule has 2 aromatic heterocycles. The number of nitrogens with zero attached hydrogens (tertiary/aromatic N) is 6. The van der Waals surface area contributed by atoms with E-state index in [-0.39, 0.29) is 24.0 Å². The Morgan fingerprint density at radius 3 is 2.34 bits per heavy atom. The van der Waals surface area contributed by atoms with Crippen LogP contribution in [-0.2, 0) is 6.54 Å². The molecule has 4 aromatic rings. The Bertz CT molecular complexity index is 1500. The van der Waals surface area contributed by atoms with Crippen LogP contribution >= 0.6 is 0 Å². The fraction of sp³-hybridized carbons (Fsp3) is 0.355. The quantitative estimate of drug-likeness (QED) is 0.318. The molecule has 10 heteroatoms. The molecule has 2 fully saturated rings. The highest BCUT2D eigenvalue weighted by Crippen LogP contribution is 2.41. The lowest BCUT2D eigenvalue weighted by Gasteiger charge is -2.32. The van der Waals surface area contributed by atoms with Gasteiger partial charge >= 0.3 is 0 Å². The number of hydrogen-bond donors (Lipinski definition) is 0. The molecule has 0 aliphatic carbocycles. The summed E-state index contributed by atoms with van der Waals surface area (Å²) in [5.41, 5.74) is 3.80. The van der Waals surface area contributed by atoms with Crippen molar-refractivity contribution in [1.29, 1.82) is 0 Å². The third kappa shape index (κ3) is 5.61. The number of carbonyl (C=O) groups excluding carboxylic acids is 1. The van der Waals surface area contributed by atoms with Crippen molar-refractivity contribution in [2.45, 2.75) is 44.1 Å². The summed E-state index contributed by atoms with van der Waals surface area (Å²) in [6, 6.07) is 17.1. The van der Waals surface area contributed by atoms with Crippen molar-refractivity contribution in [2.75, 3.05) is 26.2 Å². The number of aromatic nitrogens is 4. The van der Waals surface area contributed by atoms with Gasteiger partial charge in [-0.3, -0.25) is 9.69 Å². The maximum absolute atomic E-state index is 15.2. The van der Waals surface area contributed by atoms with Crippen LogP contribution in [0.1, 0.15) is 57.4 Å². The molecule has 0 N–H and O–H groups in total. The smallest absolute Gasteiger partial charge is 0.273 e. The molecule has 0 unspecified atom stereocenters. The summed E-state index contributed by atoms with van der Waals surface area (Å²) in [7, 11) is 0. The normalized spacial score (nSPS) is 19.5. The van der Waals surface area contributed by atoms with Crippen LogP contribution in [0, 0.1) is 12.7 Å². The molecule has 6 rings (SSSR count). The summed E-state index contributed by atoms with van der Waals surface area (Å²) in [4.78, 5) is 25.6. The van der Waals surface area contributed by atoms with Gasteiger partial charge in [0.15, 0.2) is 5.82 Å². The number of likely N-dealkylation sites (tertiary alicyclic amines) is 2. The van der Waals surface area contributed by atoms with Crippen LogP contribution in [0.2, 0.25) is 0 Å². The van der Waals surface area contributed by atoms with Gasteiger partial charge in [0.05, 0.1) is 42.3 Å². The lowest BCUT2D eigenvalue weighted by Crippen LogP contribution is -2.35. The van der Waals surface area contributed by atoms with E-state index in [0.29, 0.717) is 11.3 Å². The van der Waals surface area contributed by atoms with Crippen LogP contribution in [0.3, 0.4) is 0 Å². The van der Waals surface area contributed by atoms with E-state index < -0.39 is 30.1 Å². The van der Waals surface area contributed by atoms with E-state index in [1.807, 2.05) is 0 Å². The van der Waals surface area contributed by atoms with Gasteiger partial charge in [-0.25, -0.2) is 27.8 Å². The van der Waals surface area contributed by atoms with Crippen LogP contribution < -0.4 is 0 Å². The summed E-state index contributed by atoms with van der Waals surface area (Å²) in [5, 5.41) is 4.41. The van der Waals surface area contributed by atoms with Gasteiger partial charge in [0.1, 0.15) is 0 Å². The minimum atomic E-state index is -3.06. The monoisotopic (exact) mass is 560 g/mol. The summed E-state index contributed by atoms with van der Waals surface area (Å²) >= 11 is 0. The zero-order valence-corrected chi connectivity index (χ0v) is 22.8. The summed E-state index contributed by atoms with van der Waals surface area (Å²) in [5.74, 6) is -5.17. The molecule has 1 atom stereocenters. The Labute approximate surface area is 236 Å². The highest BCUT2D eigenvalue weighted by molar-refractivity contribution is 5.96. The lowest BCUT2D eigenvalue weighted by atomic mass is 9.90. The third-order valence-corrected chi connectivity index (χ3v) is 8.14. The van der Waals surface area contributed by atoms with Crippen LogP contribution in [0.25, 0.3) is 5.95 Å². The van der Waals surface area contributed by atoms with E-state index >= 15 is 8.78 Å². The fourth-order valence-corrected chi connectivity index (χ4v) is 5.95. The molecule has 0 bridgehead atoms. The summed E-state index contributed by atoms with van der Waals surface area (Å²) in [6.45, 7) is 3.70. The van der Waals surface area contributed by atoms with E-state index in [4.69, 9.17) is 0 Å². The third-order valence-electron chi connectivity index (χ3n) is 8.14. The Hall–Kier alpha value is -4.05. The Kier molecular flexibility index (Phi) is 7.33. The van der Waals surface area contributed by atoms with Crippen molar-refractivity contribution in [2.24, 2.45) is 0 Å². The molecule has 4 heterocycles. The number of amides is 1. The molecular weight excluding hydrogens is 529 g/mol. The molecule has 1 amide bonds. The van der Waals surface area contributed by atoms with E-state index in [0.717, 1.165) is 44.9 Å². The number of piperidine rings is 1. The van der Waals surface area contributed by atoms with Gasteiger partial charge in [-0.05, 0) is 44.0 Å². The summed E-state index contributed by atoms with van der Waals surface area (Å²) in [6.07, 6.45) is 4.98. The first-order valence-corrected chi connectivity index (χ1v) is 13.8. The number of halogens is 3. The molecule has 41 heavy (non-hydrogen) atoms. The van der Waals surface area contributed by atoms with E-state index in [9.17, 15) is 9.18 Å². The standard InChI is InChI=1S/C31H31F3N6O/c1-21-7-9-22(10-8-21)18-38-13-11-24(12-14-38)28-26(17-37-40(28)30-35-15-25(32)16-36-30)29(41)39-19-27(31(33,34)20-39)23-5-3-2-4-6-23/h2-10,15-17,24,27H,11-14,18-20H2,1H3/t27-/m0/s1. The van der Waals surface area contributed by atoms with Gasteiger partial charge in [0.2, 0.25) is 0 Å². The van der Waals surface area contributed by atoms with Crippen molar-refractivity contribution < 1.29 is 18.0 Å². The minimum absolute atomic E-state index is 0.0765. The zero-order valence-electron chi connectivity index (χ0n) is 22.8. The SMILES string of the molecule is Cc1ccc(CN2CCC(c3c(C(=O)N4C[C@@H](c5ccccc5)C(F)(F)C4)cnn3-c3ncc(F)cn3)CC2)cc1. The van der Waals surface area contributed by atoms with Crippen molar-refractivity contribution >= 4 is 5.91 Å². The summed E-state index contributed by atoms with van der Waals surface area (Å²) < 4.78 is 45.4. The molecule has 7 nitrogen and oxygen atoms in total. The van der Waals surface area contributed by atoms with E-state index in [1.165, 1.54) is 26.9 Å². The molecule has 2 saturated heterocycles. The number of alkyl halides is 2. The molecule has 2 aliphatic rings. The average Bonchev–Trinajstić information content (AvgIpc) is 3.56. The molecule has 0 saturated carbocycles. The second-order valence-electron chi connectivity index (χ2n) is 11.0. The van der Waals surface area contributed by atoms with Crippen LogP contribution in [0.4, 0.5) is 13.2 Å². The van der Waals surface area contributed by atoms with Crippen molar-refractivity contribution in [3.05, 3.63) is 107 Å². The van der Waals surface area contributed by atoms with Crippen molar-refractivity contribution in [3.63, 3.8) is 0 Å². The van der Waals surface area contributed by atoms with Gasteiger partial charge in [-0.2, -0.15) is 5.10 Å². The first-order chi connectivity index (χ1) is 19.8. The first kappa shape index (κ1) is 27.1. The van der Waals surface area contributed by atoms with E-state index in [1.54, 1.807) is 30.3 Å². The molecular formula is C31H31F3N6O. The molecule has 0 spiro atoms. The van der Waals surface area contributed by atoms with Gasteiger partial charge in [0.25, 0.3) is 17.8 Å². The highest BCUT2D eigenvalue weighted by atomic mass is 19.3. The molecule has 2 aliphatic heterocycles. The number of rotatable bonds is 6. The van der Waals surface area contributed by atoms with E-state index in [2.05, 4.69) is 51.2 Å². The number of carbonyl (C=O) groups is 1. The second-order valence-corrected chi connectivity index (χ2v) is 11.0. The number of benzene rings is 2. The lowest BCUT2D eigenvalue weighted by molar-refractivity contribution is -0.00244. The zero-order chi connectivity index (χ0) is 28.6. The van der Waals surface area contributed by atoms with Crippen LogP contribution in [0.5, 0.6) is 0 Å². The average molecular weight is 561 g/mol. The predicted octanol–water partition coefficient (Wildman–Crippen LogP) is 5.36. The largest absolute Gasteiger partial charge is 0.332 e. The van der Waals surface area contributed by atoms with Gasteiger partial charge in [0, 0.05) is 19.0 Å². The van der Waals surface area contributed by atoms with Gasteiger partial charge in [-0.1, -0.05) is 60.2 Å². The Balaban J connectivity index is 1.26. The minimum Gasteiger partial charge on any atom is -0.332 e. The topological polar surface area (TPSA) is 67.2 Å². The Morgan fingerprint density at radius 2 is 1.66 bits per heavy atom. The van der Waals surface area contributed by atoms with Gasteiger partial charge in [-0.15, -0.1) is 0 Å². The van der Waals surface area contributed by atoms with Crippen molar-refractivity contribution in [1.82, 2.24) is 29.5 Å². The highest BCUT2D eigenvalue weighted by Gasteiger charge is 2.50. The van der Waals surface area contributed by atoms with Crippen molar-refractivity contribution in [3.8, 4) is 5.95 Å². The maximum Gasteiger partial charge on any atom is 0.273 e. The predicted molar refractivity (Wildman–Crippen MR) is 148 cm³/mol. The molecule has 212 valence electrons. The first-order valence-electron chi connectivity index (χ1n) is 13.8. The van der Waals surface area contributed by atoms with Gasteiger partial charge < -0.3 is 4.90 Å². The Morgan fingerprint density at radius 1 is 0.976 bits per heavy atom. The second kappa shape index (κ2) is 11.1. The number of aryl methyl sites for hydroxylation is 1. The molecule has 0 radical (unpaired) electrons.